The van der Waals surface area contributed by atoms with E-state index in [1.54, 1.807) is 6.92 Å². The van der Waals surface area contributed by atoms with Gasteiger partial charge in [0.15, 0.2) is 0 Å². The van der Waals surface area contributed by atoms with Gasteiger partial charge in [-0.3, -0.25) is 9.36 Å². The maximum Gasteiger partial charge on any atom is 0.227 e. The summed E-state index contributed by atoms with van der Waals surface area (Å²) in [5, 5.41) is 1.24. The Morgan fingerprint density at radius 1 is 1.27 bits per heavy atom. The molecule has 1 aromatic heterocycles. The average Bonchev–Trinajstić information content (AvgIpc) is 3.09. The van der Waals surface area contributed by atoms with Crippen LogP contribution < -0.4 is 0 Å². The summed E-state index contributed by atoms with van der Waals surface area (Å²) in [6, 6.07) is 6.99. The maximum absolute atomic E-state index is 12.0. The van der Waals surface area contributed by atoms with Crippen molar-refractivity contribution in [3.8, 4) is 0 Å². The first-order chi connectivity index (χ1) is 10.6. The minimum atomic E-state index is 0.0943. The van der Waals surface area contributed by atoms with Crippen LogP contribution in [0.2, 0.25) is 0 Å². The van der Waals surface area contributed by atoms with E-state index in [-0.39, 0.29) is 5.91 Å². The van der Waals surface area contributed by atoms with Crippen LogP contribution >= 0.6 is 15.9 Å². The second kappa shape index (κ2) is 5.50. The first-order valence-corrected chi connectivity index (χ1v) is 8.98. The van der Waals surface area contributed by atoms with Gasteiger partial charge in [0.1, 0.15) is 0 Å². The summed E-state index contributed by atoms with van der Waals surface area (Å²) in [7, 11) is 0. The van der Waals surface area contributed by atoms with Crippen molar-refractivity contribution < 1.29 is 4.79 Å². The summed E-state index contributed by atoms with van der Waals surface area (Å²) in [6.45, 7) is 4.12. The minimum Gasteiger partial charge on any atom is -0.300 e. The van der Waals surface area contributed by atoms with Gasteiger partial charge in [-0.05, 0) is 68.5 Å². The highest BCUT2D eigenvalue weighted by Gasteiger charge is 2.33. The standard InChI is InChI=1S/C18H21BrN2O/c1-12(22)21-11-17(16-10-14(19)4-5-18(16)21)13-6-8-20-7-2-3-15(20)9-13/h4-5,10-11,13,15H,2-3,6-9H2,1H3/t13-,15+/m1/s1. The lowest BCUT2D eigenvalue weighted by atomic mass is 9.85. The van der Waals surface area contributed by atoms with E-state index in [2.05, 4.69) is 39.2 Å². The number of carbonyl (C=O) groups excluding carboxylic acids is 1. The molecule has 3 nitrogen and oxygen atoms in total. The van der Waals surface area contributed by atoms with Gasteiger partial charge in [0.05, 0.1) is 5.52 Å². The van der Waals surface area contributed by atoms with Gasteiger partial charge < -0.3 is 4.90 Å². The summed E-state index contributed by atoms with van der Waals surface area (Å²) in [4.78, 5) is 14.6. The highest BCUT2D eigenvalue weighted by molar-refractivity contribution is 9.10. The van der Waals surface area contributed by atoms with E-state index in [9.17, 15) is 4.79 Å². The Hall–Kier alpha value is -1.13. The van der Waals surface area contributed by atoms with Gasteiger partial charge in [-0.25, -0.2) is 0 Å². The second-order valence-electron chi connectivity index (χ2n) is 6.69. The molecule has 0 spiro atoms. The molecule has 4 heteroatoms. The van der Waals surface area contributed by atoms with Crippen LogP contribution in [0.5, 0.6) is 0 Å². The zero-order valence-corrected chi connectivity index (χ0v) is 14.5. The van der Waals surface area contributed by atoms with Crippen molar-refractivity contribution in [1.29, 1.82) is 0 Å². The number of piperidine rings is 1. The molecule has 0 radical (unpaired) electrons. The minimum absolute atomic E-state index is 0.0943. The number of carbonyl (C=O) groups is 1. The lowest BCUT2D eigenvalue weighted by Gasteiger charge is -2.34. The molecule has 0 unspecified atom stereocenters. The summed E-state index contributed by atoms with van der Waals surface area (Å²) < 4.78 is 2.90. The Labute approximate surface area is 139 Å². The van der Waals surface area contributed by atoms with Crippen molar-refractivity contribution in [1.82, 2.24) is 9.47 Å². The molecular formula is C18H21BrN2O. The Morgan fingerprint density at radius 3 is 2.95 bits per heavy atom. The lowest BCUT2D eigenvalue weighted by Crippen LogP contribution is -2.37. The van der Waals surface area contributed by atoms with Crippen LogP contribution in [-0.2, 0) is 0 Å². The third kappa shape index (κ3) is 2.33. The molecule has 0 amide bonds. The zero-order chi connectivity index (χ0) is 15.3. The summed E-state index contributed by atoms with van der Waals surface area (Å²) in [6.07, 6.45) is 7.22. The van der Waals surface area contributed by atoms with Gasteiger partial charge in [0, 0.05) is 29.0 Å². The molecule has 22 heavy (non-hydrogen) atoms. The van der Waals surface area contributed by atoms with Gasteiger partial charge in [0.2, 0.25) is 5.91 Å². The Morgan fingerprint density at radius 2 is 2.14 bits per heavy atom. The molecule has 0 aliphatic carbocycles. The van der Waals surface area contributed by atoms with E-state index in [4.69, 9.17) is 0 Å². The van der Waals surface area contributed by atoms with Gasteiger partial charge in [0.25, 0.3) is 0 Å². The molecule has 2 aliphatic heterocycles. The molecule has 1 aromatic carbocycles. The van der Waals surface area contributed by atoms with Crippen LogP contribution in [0.4, 0.5) is 0 Å². The number of hydrogen-bond acceptors (Lipinski definition) is 2. The first-order valence-electron chi connectivity index (χ1n) is 8.19. The fourth-order valence-electron chi connectivity index (χ4n) is 4.32. The summed E-state index contributed by atoms with van der Waals surface area (Å²) in [5.41, 5.74) is 2.40. The SMILES string of the molecule is CC(=O)n1cc([C@@H]2CCN3CCC[C@H]3C2)c2cc(Br)ccc21. The monoisotopic (exact) mass is 360 g/mol. The Bertz CT molecular complexity index is 736. The van der Waals surface area contributed by atoms with Gasteiger partial charge in [-0.2, -0.15) is 0 Å². The summed E-state index contributed by atoms with van der Waals surface area (Å²) >= 11 is 3.58. The van der Waals surface area contributed by atoms with Crippen LogP contribution in [-0.4, -0.2) is 34.5 Å². The fourth-order valence-corrected chi connectivity index (χ4v) is 4.68. The Kier molecular flexibility index (Phi) is 3.61. The number of benzene rings is 1. The molecule has 116 valence electrons. The van der Waals surface area contributed by atoms with Crippen LogP contribution in [0.15, 0.2) is 28.9 Å². The summed E-state index contributed by atoms with van der Waals surface area (Å²) in [5.74, 6) is 0.675. The van der Waals surface area contributed by atoms with Crippen LogP contribution in [0.3, 0.4) is 0 Å². The molecule has 2 atom stereocenters. The lowest BCUT2D eigenvalue weighted by molar-refractivity contribution is 0.0941. The molecule has 2 aromatic rings. The second-order valence-corrected chi connectivity index (χ2v) is 7.60. The fraction of sp³-hybridized carbons (Fsp3) is 0.500. The van der Waals surface area contributed by atoms with Crippen molar-refractivity contribution in [2.45, 2.75) is 44.6 Å². The van der Waals surface area contributed by atoms with E-state index < -0.39 is 0 Å². The number of hydrogen-bond donors (Lipinski definition) is 0. The van der Waals surface area contributed by atoms with E-state index in [0.29, 0.717) is 5.92 Å². The van der Waals surface area contributed by atoms with E-state index >= 15 is 0 Å². The molecule has 0 bridgehead atoms. The van der Waals surface area contributed by atoms with E-state index in [1.807, 2.05) is 10.6 Å². The number of aromatic nitrogens is 1. The van der Waals surface area contributed by atoms with Gasteiger partial charge in [-0.15, -0.1) is 0 Å². The first kappa shape index (κ1) is 14.5. The van der Waals surface area contributed by atoms with Crippen molar-refractivity contribution in [2.75, 3.05) is 13.1 Å². The smallest absolute Gasteiger partial charge is 0.227 e. The predicted octanol–water partition coefficient (Wildman–Crippen LogP) is 4.41. The van der Waals surface area contributed by atoms with Crippen molar-refractivity contribution in [3.05, 3.63) is 34.4 Å². The van der Waals surface area contributed by atoms with Crippen LogP contribution in [0.1, 0.15) is 48.9 Å². The topological polar surface area (TPSA) is 25.2 Å². The van der Waals surface area contributed by atoms with Crippen LogP contribution in [0.25, 0.3) is 10.9 Å². The molecular weight excluding hydrogens is 340 g/mol. The Balaban J connectivity index is 1.77. The predicted molar refractivity (Wildman–Crippen MR) is 92.5 cm³/mol. The molecule has 0 saturated carbocycles. The molecule has 3 heterocycles. The van der Waals surface area contributed by atoms with E-state index in [0.717, 1.165) is 16.0 Å². The maximum atomic E-state index is 12.0. The zero-order valence-electron chi connectivity index (χ0n) is 12.9. The van der Waals surface area contributed by atoms with Gasteiger partial charge >= 0.3 is 0 Å². The third-order valence-corrected chi connectivity index (χ3v) is 5.89. The number of rotatable bonds is 1. The number of fused-ring (bicyclic) bond motifs is 2. The quantitative estimate of drug-likeness (QED) is 0.752. The van der Waals surface area contributed by atoms with E-state index in [1.165, 1.54) is 49.7 Å². The highest BCUT2D eigenvalue weighted by atomic mass is 79.9. The van der Waals surface area contributed by atoms with Crippen molar-refractivity contribution in [2.24, 2.45) is 0 Å². The molecule has 2 aliphatic rings. The molecule has 2 saturated heterocycles. The van der Waals surface area contributed by atoms with Crippen molar-refractivity contribution >= 4 is 32.7 Å². The van der Waals surface area contributed by atoms with Gasteiger partial charge in [-0.1, -0.05) is 15.9 Å². The molecule has 2 fully saturated rings. The average molecular weight is 361 g/mol. The van der Waals surface area contributed by atoms with Crippen LogP contribution in [0, 0.1) is 0 Å². The normalized spacial score (nSPS) is 25.5. The number of nitrogens with zero attached hydrogens (tertiary/aromatic N) is 2. The number of halogens is 1. The molecule has 4 rings (SSSR count). The molecule has 0 N–H and O–H groups in total. The largest absolute Gasteiger partial charge is 0.300 e. The highest BCUT2D eigenvalue weighted by Crippen LogP contribution is 2.40. The third-order valence-electron chi connectivity index (χ3n) is 5.40. The van der Waals surface area contributed by atoms with Crippen molar-refractivity contribution in [3.63, 3.8) is 0 Å².